The number of piperazine rings is 1. The van der Waals surface area contributed by atoms with Crippen LogP contribution in [-0.2, 0) is 29.5 Å². The monoisotopic (exact) mass is 736 g/mol. The van der Waals surface area contributed by atoms with Crippen LogP contribution < -0.4 is 21.7 Å². The lowest BCUT2D eigenvalue weighted by Crippen LogP contribution is -2.62. The summed E-state index contributed by atoms with van der Waals surface area (Å²) in [5, 5.41) is 6.28. The van der Waals surface area contributed by atoms with Gasteiger partial charge in [-0.25, -0.2) is 9.59 Å². The number of hydrogen-bond acceptors (Lipinski definition) is 4. The summed E-state index contributed by atoms with van der Waals surface area (Å²) in [5.41, 5.74) is -2.90. The third-order valence-corrected chi connectivity index (χ3v) is 7.98. The van der Waals surface area contributed by atoms with E-state index in [-0.39, 0.29) is 51.0 Å². The highest BCUT2D eigenvalue weighted by Crippen LogP contribution is 2.39. The van der Waals surface area contributed by atoms with Crippen molar-refractivity contribution in [2.24, 2.45) is 5.73 Å². The smallest absolute Gasteiger partial charge is 0.334 e. The van der Waals surface area contributed by atoms with Crippen LogP contribution >= 0.6 is 0 Å². The van der Waals surface area contributed by atoms with E-state index in [0.717, 1.165) is 4.90 Å². The number of halogens is 12. The van der Waals surface area contributed by atoms with Crippen LogP contribution in [-0.4, -0.2) is 65.5 Å². The molecule has 21 heteroatoms. The van der Waals surface area contributed by atoms with Crippen LogP contribution in [0.1, 0.15) is 47.9 Å². The summed E-state index contributed by atoms with van der Waals surface area (Å²) in [5.74, 6) is -0.675. The van der Waals surface area contributed by atoms with Crippen molar-refractivity contribution in [2.75, 3.05) is 30.3 Å². The molecule has 3 atom stereocenters. The molecule has 4 rings (SSSR count). The fourth-order valence-corrected chi connectivity index (χ4v) is 5.73. The Hall–Kier alpha value is -4.43. The van der Waals surface area contributed by atoms with E-state index in [2.05, 4.69) is 5.32 Å². The SMILES string of the molecule is NCCCC[C@@H]1C(=O)N2C[C@@H](NC(=O)Nc3cc(C(F)(F)F)cc(C(F)(F)F)c3)C[C@H]2CN1C(=O)Nc1cc(C(F)(F)F)cc(C(F)(F)F)c1. The molecule has 5 N–H and O–H groups in total. The van der Waals surface area contributed by atoms with E-state index in [0.29, 0.717) is 30.7 Å². The number of amides is 5. The Morgan fingerprint density at radius 3 is 1.60 bits per heavy atom. The van der Waals surface area contributed by atoms with Crippen LogP contribution in [0.4, 0.5) is 73.6 Å². The number of nitrogens with zero attached hydrogens (tertiary/aromatic N) is 2. The van der Waals surface area contributed by atoms with Gasteiger partial charge < -0.3 is 31.5 Å². The molecule has 0 unspecified atom stereocenters. The predicted molar refractivity (Wildman–Crippen MR) is 151 cm³/mol. The van der Waals surface area contributed by atoms with Gasteiger partial charge in [0.15, 0.2) is 0 Å². The minimum Gasteiger partial charge on any atom is -0.334 e. The van der Waals surface area contributed by atoms with Gasteiger partial charge in [-0.1, -0.05) is 0 Å². The number of carbonyl (C=O) groups excluding carboxylic acids is 3. The summed E-state index contributed by atoms with van der Waals surface area (Å²) < 4.78 is 159. The van der Waals surface area contributed by atoms with Crippen molar-refractivity contribution < 1.29 is 67.1 Å². The summed E-state index contributed by atoms with van der Waals surface area (Å²) in [6, 6.07) is -4.50. The largest absolute Gasteiger partial charge is 0.416 e. The fraction of sp³-hybridized carbons (Fsp3) is 0.483. The van der Waals surface area contributed by atoms with Gasteiger partial charge in [0.05, 0.1) is 34.3 Å². The zero-order chi connectivity index (χ0) is 37.4. The molecule has 2 saturated heterocycles. The average molecular weight is 737 g/mol. The van der Waals surface area contributed by atoms with Gasteiger partial charge in [-0.3, -0.25) is 4.79 Å². The van der Waals surface area contributed by atoms with Gasteiger partial charge in [0, 0.05) is 24.5 Å². The van der Waals surface area contributed by atoms with E-state index in [1.54, 1.807) is 0 Å². The molecule has 276 valence electrons. The number of fused-ring (bicyclic) bond motifs is 1. The third-order valence-electron chi connectivity index (χ3n) is 7.98. The van der Waals surface area contributed by atoms with E-state index >= 15 is 0 Å². The molecule has 0 aliphatic carbocycles. The lowest BCUT2D eigenvalue weighted by molar-refractivity contribution is -0.144. The van der Waals surface area contributed by atoms with Crippen LogP contribution in [0.2, 0.25) is 0 Å². The Kier molecular flexibility index (Phi) is 10.8. The molecular formula is C29H28F12N6O3. The molecule has 0 spiro atoms. The first-order valence-electron chi connectivity index (χ1n) is 14.7. The number of hydrogen-bond donors (Lipinski definition) is 4. The highest BCUT2D eigenvalue weighted by atomic mass is 19.4. The molecule has 0 saturated carbocycles. The third kappa shape index (κ3) is 9.21. The Morgan fingerprint density at radius 1 is 0.700 bits per heavy atom. The maximum Gasteiger partial charge on any atom is 0.416 e. The zero-order valence-electron chi connectivity index (χ0n) is 25.4. The van der Waals surface area contributed by atoms with Gasteiger partial charge in [0.1, 0.15) is 6.04 Å². The second-order valence-electron chi connectivity index (χ2n) is 11.6. The van der Waals surface area contributed by atoms with Gasteiger partial charge in [0.2, 0.25) is 5.91 Å². The van der Waals surface area contributed by atoms with Gasteiger partial charge in [0.25, 0.3) is 0 Å². The molecule has 2 aromatic carbocycles. The van der Waals surface area contributed by atoms with Gasteiger partial charge >= 0.3 is 36.8 Å². The van der Waals surface area contributed by atoms with Crippen LogP contribution in [0, 0.1) is 0 Å². The summed E-state index contributed by atoms with van der Waals surface area (Å²) >= 11 is 0. The molecule has 2 aromatic rings. The first-order chi connectivity index (χ1) is 23.0. The number of carbonyl (C=O) groups is 3. The summed E-state index contributed by atoms with van der Waals surface area (Å²) in [6.07, 6.45) is -20.2. The zero-order valence-corrected chi connectivity index (χ0v) is 25.4. The number of unbranched alkanes of at least 4 members (excludes halogenated alkanes) is 1. The minimum atomic E-state index is -5.20. The molecule has 2 heterocycles. The first kappa shape index (κ1) is 38.4. The lowest BCUT2D eigenvalue weighted by atomic mass is 10.0. The lowest BCUT2D eigenvalue weighted by Gasteiger charge is -2.42. The van der Waals surface area contributed by atoms with Crippen molar-refractivity contribution in [1.82, 2.24) is 15.1 Å². The molecule has 5 amide bonds. The second-order valence-corrected chi connectivity index (χ2v) is 11.6. The van der Waals surface area contributed by atoms with Gasteiger partial charge in [-0.2, -0.15) is 52.7 Å². The summed E-state index contributed by atoms with van der Waals surface area (Å²) in [6.45, 7) is -0.293. The number of rotatable bonds is 7. The Morgan fingerprint density at radius 2 is 1.16 bits per heavy atom. The molecule has 9 nitrogen and oxygen atoms in total. The number of alkyl halides is 12. The molecule has 2 aliphatic heterocycles. The van der Waals surface area contributed by atoms with Crippen molar-refractivity contribution in [3.63, 3.8) is 0 Å². The normalized spacial score (nSPS) is 20.1. The standard InChI is InChI=1S/C29H28F12N6O3/c30-26(31,32)14-5-15(27(33,34)35)8-18(7-14)43-24(49)44-20-11-21-13-47(22(3-1-2-4-42)23(48)46(21)12-20)25(50)45-19-9-16(28(36,37)38)6-17(10-19)29(39,40)41/h5-10,20-22H,1-4,11-13,42H2,(H,45,50)(H2,43,44,49)/t20-,21-,22+/m0/s1. The van der Waals surface area contributed by atoms with Gasteiger partial charge in [-0.15, -0.1) is 0 Å². The van der Waals surface area contributed by atoms with Crippen molar-refractivity contribution in [3.8, 4) is 0 Å². The number of urea groups is 2. The molecule has 2 aliphatic rings. The van der Waals surface area contributed by atoms with E-state index in [1.165, 1.54) is 4.90 Å². The number of nitrogens with one attached hydrogen (secondary N) is 3. The van der Waals surface area contributed by atoms with Crippen LogP contribution in [0.25, 0.3) is 0 Å². The molecule has 0 bridgehead atoms. The summed E-state index contributed by atoms with van der Waals surface area (Å²) in [4.78, 5) is 41.8. The number of benzene rings is 2. The van der Waals surface area contributed by atoms with Crippen molar-refractivity contribution in [2.45, 2.75) is 68.5 Å². The number of anilines is 2. The molecule has 0 radical (unpaired) electrons. The van der Waals surface area contributed by atoms with Gasteiger partial charge in [-0.05, 0) is 68.6 Å². The molecule has 2 fully saturated rings. The molecule has 0 aromatic heterocycles. The molecular weight excluding hydrogens is 708 g/mol. The van der Waals surface area contributed by atoms with Crippen LogP contribution in [0.5, 0.6) is 0 Å². The van der Waals surface area contributed by atoms with Crippen molar-refractivity contribution >= 4 is 29.3 Å². The minimum absolute atomic E-state index is 0.00126. The molecule has 50 heavy (non-hydrogen) atoms. The predicted octanol–water partition coefficient (Wildman–Crippen LogP) is 6.90. The van der Waals surface area contributed by atoms with Crippen molar-refractivity contribution in [1.29, 1.82) is 0 Å². The fourth-order valence-electron chi connectivity index (χ4n) is 5.73. The Labute approximate surface area is 275 Å². The Bertz CT molecular complexity index is 1530. The summed E-state index contributed by atoms with van der Waals surface area (Å²) in [7, 11) is 0. The van der Waals surface area contributed by atoms with Crippen LogP contribution in [0.3, 0.4) is 0 Å². The van der Waals surface area contributed by atoms with E-state index < -0.39 is 94.4 Å². The van der Waals surface area contributed by atoms with E-state index in [4.69, 9.17) is 5.73 Å². The topological polar surface area (TPSA) is 120 Å². The van der Waals surface area contributed by atoms with Crippen LogP contribution in [0.15, 0.2) is 36.4 Å². The highest BCUT2D eigenvalue weighted by molar-refractivity contribution is 5.95. The number of nitrogens with two attached hydrogens (primary N) is 1. The first-order valence-corrected chi connectivity index (χ1v) is 14.7. The van der Waals surface area contributed by atoms with E-state index in [9.17, 15) is 67.1 Å². The van der Waals surface area contributed by atoms with Crippen molar-refractivity contribution in [3.05, 3.63) is 58.7 Å². The average Bonchev–Trinajstić information content (AvgIpc) is 3.38. The highest BCUT2D eigenvalue weighted by Gasteiger charge is 2.47. The maximum atomic E-state index is 13.6. The van der Waals surface area contributed by atoms with E-state index in [1.807, 2.05) is 10.6 Å². The quantitative estimate of drug-likeness (QED) is 0.183. The second kappa shape index (κ2) is 14.1. The maximum absolute atomic E-state index is 13.6. The Balaban J connectivity index is 1.52.